The number of amides is 1. The number of imidazole rings is 1. The molecule has 1 aliphatic heterocycles. The van der Waals surface area contributed by atoms with Crippen molar-refractivity contribution in [3.05, 3.63) is 39.6 Å². The number of carbonyl (C=O) groups is 1. The average molecular weight is 344 g/mol. The summed E-state index contributed by atoms with van der Waals surface area (Å²) in [6.45, 7) is 5.46. The van der Waals surface area contributed by atoms with Gasteiger partial charge < -0.3 is 9.88 Å². The Morgan fingerprint density at radius 3 is 3.00 bits per heavy atom. The number of aryl methyl sites for hydroxylation is 2. The Morgan fingerprint density at radius 1 is 1.46 bits per heavy atom. The lowest BCUT2D eigenvalue weighted by Gasteiger charge is -2.32. The van der Waals surface area contributed by atoms with Crippen molar-refractivity contribution < 1.29 is 4.79 Å². The van der Waals surface area contributed by atoms with Gasteiger partial charge in [0.05, 0.1) is 23.6 Å². The highest BCUT2D eigenvalue weighted by atomic mass is 32.1. The van der Waals surface area contributed by atoms with Gasteiger partial charge in [-0.15, -0.1) is 11.3 Å². The van der Waals surface area contributed by atoms with E-state index in [-0.39, 0.29) is 11.8 Å². The molecule has 2 aliphatic rings. The molecule has 6 heteroatoms. The number of carbonyl (C=O) groups excluding carboxylic acids is 1. The van der Waals surface area contributed by atoms with Crippen molar-refractivity contribution >= 4 is 17.2 Å². The third-order valence-electron chi connectivity index (χ3n) is 5.12. The highest BCUT2D eigenvalue weighted by Crippen LogP contribution is 2.31. The van der Waals surface area contributed by atoms with Crippen molar-refractivity contribution in [1.82, 2.24) is 19.8 Å². The van der Waals surface area contributed by atoms with Crippen LogP contribution in [0.5, 0.6) is 0 Å². The Kier molecular flexibility index (Phi) is 4.18. The van der Waals surface area contributed by atoms with Crippen LogP contribution in [0.25, 0.3) is 0 Å². The minimum absolute atomic E-state index is 0.125. The first-order chi connectivity index (χ1) is 11.6. The van der Waals surface area contributed by atoms with Crippen LogP contribution in [0.4, 0.5) is 0 Å². The largest absolute Gasteiger partial charge is 0.355 e. The number of fused-ring (bicyclic) bond motifs is 1. The molecule has 1 fully saturated rings. The van der Waals surface area contributed by atoms with E-state index in [0.717, 1.165) is 37.6 Å². The number of nitrogens with zero attached hydrogens (tertiary/aromatic N) is 3. The Hall–Kier alpha value is -1.66. The zero-order valence-electron chi connectivity index (χ0n) is 14.3. The van der Waals surface area contributed by atoms with Crippen molar-refractivity contribution in [3.8, 4) is 0 Å². The number of hydrogen-bond donors (Lipinski definition) is 1. The van der Waals surface area contributed by atoms with E-state index < -0.39 is 0 Å². The molecule has 1 aliphatic carbocycles. The maximum absolute atomic E-state index is 12.8. The Labute approximate surface area is 146 Å². The fourth-order valence-electron chi connectivity index (χ4n) is 3.46. The quantitative estimate of drug-likeness (QED) is 0.906. The van der Waals surface area contributed by atoms with Gasteiger partial charge in [0.2, 0.25) is 5.91 Å². The minimum Gasteiger partial charge on any atom is -0.355 e. The smallest absolute Gasteiger partial charge is 0.230 e. The van der Waals surface area contributed by atoms with Crippen LogP contribution >= 0.6 is 11.3 Å². The molecule has 2 aromatic heterocycles. The maximum Gasteiger partial charge on any atom is 0.230 e. The van der Waals surface area contributed by atoms with Crippen LogP contribution < -0.4 is 5.32 Å². The van der Waals surface area contributed by atoms with Crippen molar-refractivity contribution in [2.24, 2.45) is 13.0 Å². The lowest BCUT2D eigenvalue weighted by molar-refractivity contribution is -0.123. The zero-order valence-corrected chi connectivity index (χ0v) is 15.1. The number of rotatable bonds is 5. The summed E-state index contributed by atoms with van der Waals surface area (Å²) in [4.78, 5) is 21.1. The Bertz CT molecular complexity index is 746. The van der Waals surface area contributed by atoms with Crippen LogP contribution in [-0.2, 0) is 24.9 Å². The molecular weight excluding hydrogens is 320 g/mol. The summed E-state index contributed by atoms with van der Waals surface area (Å²) in [7, 11) is 1.99. The van der Waals surface area contributed by atoms with Crippen molar-refractivity contribution in [3.63, 3.8) is 0 Å². The molecule has 0 unspecified atom stereocenters. The van der Waals surface area contributed by atoms with E-state index in [4.69, 9.17) is 0 Å². The molecule has 3 heterocycles. The van der Waals surface area contributed by atoms with Crippen LogP contribution in [0.3, 0.4) is 0 Å². The molecule has 0 radical (unpaired) electrons. The first-order valence-electron chi connectivity index (χ1n) is 8.65. The average Bonchev–Trinajstić information content (AvgIpc) is 3.22. The van der Waals surface area contributed by atoms with E-state index >= 15 is 0 Å². The molecule has 0 spiro atoms. The summed E-state index contributed by atoms with van der Waals surface area (Å²) >= 11 is 1.79. The molecule has 0 bridgehead atoms. The van der Waals surface area contributed by atoms with E-state index in [1.165, 1.54) is 23.3 Å². The molecule has 128 valence electrons. The van der Waals surface area contributed by atoms with E-state index in [0.29, 0.717) is 5.92 Å². The van der Waals surface area contributed by atoms with Gasteiger partial charge in [0, 0.05) is 38.1 Å². The standard InChI is InChI=1S/C18H24N4OS/c1-12-5-6-24-16(12)10-22-8-14(18(23)19-7-13-3-4-13)17-15(9-22)20-11-21(17)2/h5-6,11,13-14H,3-4,7-10H2,1-2H3,(H,19,23)/t14-/m1/s1. The van der Waals surface area contributed by atoms with Crippen LogP contribution in [-0.4, -0.2) is 33.4 Å². The van der Waals surface area contributed by atoms with Crippen LogP contribution in [0.15, 0.2) is 17.8 Å². The molecule has 1 N–H and O–H groups in total. The first-order valence-corrected chi connectivity index (χ1v) is 9.53. The predicted octanol–water partition coefficient (Wildman–Crippen LogP) is 2.42. The summed E-state index contributed by atoms with van der Waals surface area (Å²) in [5.41, 5.74) is 3.47. The van der Waals surface area contributed by atoms with Gasteiger partial charge >= 0.3 is 0 Å². The van der Waals surface area contributed by atoms with E-state index in [1.807, 2.05) is 17.9 Å². The van der Waals surface area contributed by atoms with Gasteiger partial charge in [-0.25, -0.2) is 4.98 Å². The van der Waals surface area contributed by atoms with Crippen molar-refractivity contribution in [2.75, 3.05) is 13.1 Å². The normalized spacial score (nSPS) is 20.8. The lowest BCUT2D eigenvalue weighted by Crippen LogP contribution is -2.42. The molecular formula is C18H24N4OS. The van der Waals surface area contributed by atoms with E-state index in [1.54, 1.807) is 11.3 Å². The Balaban J connectivity index is 1.53. The predicted molar refractivity (Wildman–Crippen MR) is 94.9 cm³/mol. The molecule has 1 atom stereocenters. The third-order valence-corrected chi connectivity index (χ3v) is 6.13. The fourth-order valence-corrected chi connectivity index (χ4v) is 4.41. The minimum atomic E-state index is -0.125. The third kappa shape index (κ3) is 3.13. The first kappa shape index (κ1) is 15.8. The van der Waals surface area contributed by atoms with Crippen LogP contribution in [0, 0.1) is 12.8 Å². The lowest BCUT2D eigenvalue weighted by atomic mass is 9.97. The summed E-state index contributed by atoms with van der Waals surface area (Å²) in [6, 6.07) is 2.16. The van der Waals surface area contributed by atoms with Gasteiger partial charge in [-0.2, -0.15) is 0 Å². The monoisotopic (exact) mass is 344 g/mol. The second-order valence-electron chi connectivity index (χ2n) is 7.12. The van der Waals surface area contributed by atoms with Crippen LogP contribution in [0.1, 0.15) is 40.6 Å². The van der Waals surface area contributed by atoms with Gasteiger partial charge in [0.25, 0.3) is 0 Å². The molecule has 4 rings (SSSR count). The molecule has 5 nitrogen and oxygen atoms in total. The highest BCUT2D eigenvalue weighted by molar-refractivity contribution is 7.10. The SMILES string of the molecule is Cc1ccsc1CN1Cc2ncn(C)c2[C@H](C(=O)NCC2CC2)C1. The summed E-state index contributed by atoms with van der Waals surface area (Å²) in [6.07, 6.45) is 4.35. The number of thiophene rings is 1. The summed E-state index contributed by atoms with van der Waals surface area (Å²) in [5, 5.41) is 5.30. The zero-order chi connectivity index (χ0) is 16.7. The van der Waals surface area contributed by atoms with Gasteiger partial charge in [-0.05, 0) is 42.7 Å². The number of nitrogens with one attached hydrogen (secondary N) is 1. The topological polar surface area (TPSA) is 50.2 Å². The van der Waals surface area contributed by atoms with Crippen molar-refractivity contribution in [2.45, 2.75) is 38.8 Å². The number of hydrogen-bond acceptors (Lipinski definition) is 4. The highest BCUT2D eigenvalue weighted by Gasteiger charge is 2.34. The second-order valence-corrected chi connectivity index (χ2v) is 8.13. The van der Waals surface area contributed by atoms with E-state index in [2.05, 4.69) is 33.6 Å². The molecule has 24 heavy (non-hydrogen) atoms. The molecule has 2 aromatic rings. The molecule has 0 aromatic carbocycles. The summed E-state index contributed by atoms with van der Waals surface area (Å²) < 4.78 is 2.02. The second kappa shape index (κ2) is 6.33. The molecule has 1 saturated carbocycles. The number of aromatic nitrogens is 2. The van der Waals surface area contributed by atoms with Gasteiger partial charge in [-0.1, -0.05) is 0 Å². The molecule has 1 amide bonds. The van der Waals surface area contributed by atoms with Crippen molar-refractivity contribution in [1.29, 1.82) is 0 Å². The Morgan fingerprint density at radius 2 is 2.29 bits per heavy atom. The van der Waals surface area contributed by atoms with Gasteiger partial charge in [0.15, 0.2) is 0 Å². The van der Waals surface area contributed by atoms with Crippen LogP contribution in [0.2, 0.25) is 0 Å². The maximum atomic E-state index is 12.8. The summed E-state index contributed by atoms with van der Waals surface area (Å²) in [5.74, 6) is 0.730. The van der Waals surface area contributed by atoms with Gasteiger partial charge in [0.1, 0.15) is 0 Å². The fraction of sp³-hybridized carbons (Fsp3) is 0.556. The van der Waals surface area contributed by atoms with Gasteiger partial charge in [-0.3, -0.25) is 9.69 Å². The van der Waals surface area contributed by atoms with E-state index in [9.17, 15) is 4.79 Å². The molecule has 0 saturated heterocycles.